The molecular formula is C19H17NO3S2. The van der Waals surface area contributed by atoms with Gasteiger partial charge >= 0.3 is 5.97 Å². The van der Waals surface area contributed by atoms with Gasteiger partial charge in [0.25, 0.3) is 0 Å². The van der Waals surface area contributed by atoms with Crippen LogP contribution in [0, 0.1) is 0 Å². The molecule has 0 N–H and O–H groups in total. The van der Waals surface area contributed by atoms with Gasteiger partial charge in [-0.3, -0.25) is 4.79 Å². The third kappa shape index (κ3) is 3.96. The van der Waals surface area contributed by atoms with E-state index in [4.69, 9.17) is 9.15 Å². The molecule has 0 atom stereocenters. The maximum Gasteiger partial charge on any atom is 0.316 e. The molecule has 128 valence electrons. The zero-order valence-electron chi connectivity index (χ0n) is 13.6. The number of carbonyl (C=O) groups is 1. The van der Waals surface area contributed by atoms with E-state index in [0.717, 1.165) is 16.2 Å². The highest BCUT2D eigenvalue weighted by atomic mass is 32.2. The van der Waals surface area contributed by atoms with Crippen molar-refractivity contribution in [3.05, 3.63) is 58.8 Å². The summed E-state index contributed by atoms with van der Waals surface area (Å²) in [6.45, 7) is 0.137. The summed E-state index contributed by atoms with van der Waals surface area (Å²) in [7, 11) is 0. The van der Waals surface area contributed by atoms with E-state index in [1.54, 1.807) is 11.3 Å². The summed E-state index contributed by atoms with van der Waals surface area (Å²) in [6.07, 6.45) is 5.09. The Bertz CT molecular complexity index is 871. The topological polar surface area (TPSA) is 52.3 Å². The van der Waals surface area contributed by atoms with Crippen LogP contribution < -0.4 is 0 Å². The van der Waals surface area contributed by atoms with Gasteiger partial charge in [0, 0.05) is 4.90 Å². The molecule has 0 spiro atoms. The van der Waals surface area contributed by atoms with Crippen LogP contribution in [-0.2, 0) is 29.0 Å². The third-order valence-electron chi connectivity index (χ3n) is 4.09. The SMILES string of the molecule is O=C(CSc1ccc2c(c1)CCC2)OCc1coc(-c2cccs2)n1. The molecule has 0 aliphatic heterocycles. The maximum absolute atomic E-state index is 12.0. The van der Waals surface area contributed by atoms with Crippen LogP contribution >= 0.6 is 23.1 Å². The molecule has 4 nitrogen and oxygen atoms in total. The van der Waals surface area contributed by atoms with Crippen molar-refractivity contribution in [3.8, 4) is 10.8 Å². The number of oxazole rings is 1. The number of esters is 1. The van der Waals surface area contributed by atoms with Crippen LogP contribution in [-0.4, -0.2) is 16.7 Å². The number of fused-ring (bicyclic) bond motifs is 1. The zero-order chi connectivity index (χ0) is 17.1. The van der Waals surface area contributed by atoms with Gasteiger partial charge in [-0.15, -0.1) is 23.1 Å². The van der Waals surface area contributed by atoms with Gasteiger partial charge in [-0.05, 0) is 54.0 Å². The van der Waals surface area contributed by atoms with Crippen LogP contribution in [0.25, 0.3) is 10.8 Å². The number of nitrogens with zero attached hydrogens (tertiary/aromatic N) is 1. The number of thiophene rings is 1. The number of aromatic nitrogens is 1. The summed E-state index contributed by atoms with van der Waals surface area (Å²) < 4.78 is 10.7. The highest BCUT2D eigenvalue weighted by molar-refractivity contribution is 8.00. The van der Waals surface area contributed by atoms with Crippen LogP contribution in [0.5, 0.6) is 0 Å². The minimum Gasteiger partial charge on any atom is -0.458 e. The van der Waals surface area contributed by atoms with E-state index in [0.29, 0.717) is 17.3 Å². The Kier molecular flexibility index (Phi) is 4.90. The number of benzene rings is 1. The second kappa shape index (κ2) is 7.45. The standard InChI is InChI=1S/C19H17NO3S2/c21-18(12-25-16-7-6-13-3-1-4-14(13)9-16)22-10-15-11-23-19(20-15)17-5-2-8-24-17/h2,5-9,11H,1,3-4,10,12H2. The van der Waals surface area contributed by atoms with Crippen molar-refractivity contribution in [1.29, 1.82) is 0 Å². The van der Waals surface area contributed by atoms with Gasteiger partial charge in [0.1, 0.15) is 18.6 Å². The lowest BCUT2D eigenvalue weighted by atomic mass is 10.1. The van der Waals surface area contributed by atoms with E-state index < -0.39 is 0 Å². The molecule has 25 heavy (non-hydrogen) atoms. The molecule has 0 unspecified atom stereocenters. The van der Waals surface area contributed by atoms with Gasteiger partial charge in [-0.2, -0.15) is 0 Å². The van der Waals surface area contributed by atoms with E-state index in [1.807, 2.05) is 17.5 Å². The Labute approximate surface area is 154 Å². The second-order valence-corrected chi connectivity index (χ2v) is 7.85. The van der Waals surface area contributed by atoms with E-state index >= 15 is 0 Å². The summed E-state index contributed by atoms with van der Waals surface area (Å²) in [5.41, 5.74) is 3.49. The first-order valence-electron chi connectivity index (χ1n) is 8.16. The minimum atomic E-state index is -0.244. The van der Waals surface area contributed by atoms with Crippen LogP contribution in [0.15, 0.2) is 51.3 Å². The predicted molar refractivity (Wildman–Crippen MR) is 98.8 cm³/mol. The molecule has 1 aliphatic carbocycles. The number of rotatable bonds is 6. The van der Waals surface area contributed by atoms with Crippen molar-refractivity contribution in [2.24, 2.45) is 0 Å². The lowest BCUT2D eigenvalue weighted by molar-refractivity contribution is -0.141. The summed E-state index contributed by atoms with van der Waals surface area (Å²) in [5.74, 6) is 0.619. The zero-order valence-corrected chi connectivity index (χ0v) is 15.2. The molecule has 6 heteroatoms. The molecule has 2 aromatic heterocycles. The molecule has 2 heterocycles. The fourth-order valence-corrected chi connectivity index (χ4v) is 4.28. The first-order chi connectivity index (χ1) is 12.3. The Balaban J connectivity index is 1.27. The molecule has 0 radical (unpaired) electrons. The van der Waals surface area contributed by atoms with Crippen molar-refractivity contribution >= 4 is 29.1 Å². The monoisotopic (exact) mass is 371 g/mol. The number of carbonyl (C=O) groups excluding carboxylic acids is 1. The van der Waals surface area contributed by atoms with Gasteiger partial charge < -0.3 is 9.15 Å². The fourth-order valence-electron chi connectivity index (χ4n) is 2.86. The van der Waals surface area contributed by atoms with Gasteiger partial charge in [0.15, 0.2) is 0 Å². The van der Waals surface area contributed by atoms with E-state index in [-0.39, 0.29) is 12.6 Å². The fraction of sp³-hybridized carbons (Fsp3) is 0.263. The van der Waals surface area contributed by atoms with Crippen molar-refractivity contribution in [1.82, 2.24) is 4.98 Å². The van der Waals surface area contributed by atoms with Crippen LogP contribution in [0.4, 0.5) is 0 Å². The normalized spacial score (nSPS) is 13.0. The predicted octanol–water partition coefficient (Wildman–Crippen LogP) is 4.73. The smallest absolute Gasteiger partial charge is 0.316 e. The molecule has 1 aliphatic rings. The molecule has 0 amide bonds. The Morgan fingerprint density at radius 2 is 2.20 bits per heavy atom. The van der Waals surface area contributed by atoms with Crippen molar-refractivity contribution in [3.63, 3.8) is 0 Å². The Morgan fingerprint density at radius 3 is 3.08 bits per heavy atom. The average molecular weight is 371 g/mol. The maximum atomic E-state index is 12.0. The van der Waals surface area contributed by atoms with Gasteiger partial charge in [-0.1, -0.05) is 12.1 Å². The summed E-state index contributed by atoms with van der Waals surface area (Å²) in [5, 5.41) is 1.97. The van der Waals surface area contributed by atoms with Crippen LogP contribution in [0.1, 0.15) is 23.2 Å². The molecule has 3 aromatic rings. The number of ether oxygens (including phenoxy) is 1. The highest BCUT2D eigenvalue weighted by Crippen LogP contribution is 2.28. The largest absolute Gasteiger partial charge is 0.458 e. The van der Waals surface area contributed by atoms with E-state index in [9.17, 15) is 4.79 Å². The number of thioether (sulfide) groups is 1. The van der Waals surface area contributed by atoms with Crippen LogP contribution in [0.2, 0.25) is 0 Å². The second-order valence-electron chi connectivity index (χ2n) is 5.85. The van der Waals surface area contributed by atoms with Crippen molar-refractivity contribution in [2.75, 3.05) is 5.75 Å². The molecule has 4 rings (SSSR count). The Hall–Kier alpha value is -2.05. The van der Waals surface area contributed by atoms with E-state index in [1.165, 1.54) is 42.0 Å². The lowest BCUT2D eigenvalue weighted by Crippen LogP contribution is -2.07. The third-order valence-corrected chi connectivity index (χ3v) is 5.92. The average Bonchev–Trinajstić information content (AvgIpc) is 3.38. The highest BCUT2D eigenvalue weighted by Gasteiger charge is 2.13. The van der Waals surface area contributed by atoms with Crippen LogP contribution in [0.3, 0.4) is 0 Å². The number of hydrogen-bond donors (Lipinski definition) is 0. The van der Waals surface area contributed by atoms with Crippen molar-refractivity contribution < 1.29 is 13.9 Å². The molecule has 1 aromatic carbocycles. The molecular weight excluding hydrogens is 354 g/mol. The molecule has 0 bridgehead atoms. The first kappa shape index (κ1) is 16.4. The minimum absolute atomic E-state index is 0.137. The molecule has 0 fully saturated rings. The quantitative estimate of drug-likeness (QED) is 0.463. The van der Waals surface area contributed by atoms with Gasteiger partial charge in [0.2, 0.25) is 5.89 Å². The molecule has 0 saturated heterocycles. The van der Waals surface area contributed by atoms with Crippen molar-refractivity contribution in [2.45, 2.75) is 30.8 Å². The Morgan fingerprint density at radius 1 is 1.28 bits per heavy atom. The van der Waals surface area contributed by atoms with Gasteiger partial charge in [0.05, 0.1) is 10.6 Å². The van der Waals surface area contributed by atoms with E-state index in [2.05, 4.69) is 23.2 Å². The number of aryl methyl sites for hydroxylation is 2. The molecule has 0 saturated carbocycles. The first-order valence-corrected chi connectivity index (χ1v) is 10.0. The van der Waals surface area contributed by atoms with Gasteiger partial charge in [-0.25, -0.2) is 4.98 Å². The summed E-state index contributed by atoms with van der Waals surface area (Å²) >= 11 is 3.08. The number of hydrogen-bond acceptors (Lipinski definition) is 6. The summed E-state index contributed by atoms with van der Waals surface area (Å²) in [6, 6.07) is 10.4. The summed E-state index contributed by atoms with van der Waals surface area (Å²) in [4.78, 5) is 18.4. The lowest BCUT2D eigenvalue weighted by Gasteiger charge is -2.05.